The molecule has 4 aliphatic rings. The van der Waals surface area contributed by atoms with E-state index in [0.29, 0.717) is 61.8 Å². The van der Waals surface area contributed by atoms with Crippen LogP contribution in [-0.4, -0.2) is 70.6 Å². The molecular formula is C30H34N6O6. The molecule has 6 atom stereocenters. The fourth-order valence-electron chi connectivity index (χ4n) is 6.30. The summed E-state index contributed by atoms with van der Waals surface area (Å²) in [6.45, 7) is 2.68. The molecule has 2 aliphatic heterocycles. The molecule has 2 fully saturated rings. The van der Waals surface area contributed by atoms with Crippen LogP contribution < -0.4 is 20.9 Å². The first-order valence-electron chi connectivity index (χ1n) is 14.3. The molecule has 4 N–H and O–H groups in total. The maximum atomic E-state index is 13.9. The number of nitrogens with one attached hydrogen (secondary N) is 3. The highest BCUT2D eigenvalue weighted by molar-refractivity contribution is 5.99. The minimum atomic E-state index is -0.912. The van der Waals surface area contributed by atoms with Gasteiger partial charge in [0.05, 0.1) is 30.7 Å². The number of carboxylic acid groups (broad SMARTS) is 1. The van der Waals surface area contributed by atoms with E-state index in [1.54, 1.807) is 6.08 Å². The molecule has 1 saturated heterocycles. The molecule has 42 heavy (non-hydrogen) atoms. The third kappa shape index (κ3) is 5.47. The summed E-state index contributed by atoms with van der Waals surface area (Å²) in [5, 5.41) is 18.3. The molecule has 6 rings (SSSR count). The van der Waals surface area contributed by atoms with Gasteiger partial charge in [-0.3, -0.25) is 14.9 Å². The van der Waals surface area contributed by atoms with Crippen molar-refractivity contribution < 1.29 is 29.0 Å². The summed E-state index contributed by atoms with van der Waals surface area (Å²) in [6.07, 6.45) is 7.37. The highest BCUT2D eigenvalue weighted by Crippen LogP contribution is 2.46. The standard InChI is InChI=1S/C30H34N6O6/c1-2-31-30(40)35-27-23-28(33-15-32-27)36(16-34-23)21-14-20(24(37)18-9-6-10-19(13-18)29(38)39)25-26(21)42-22(41-25)12-11-17-7-4-3-5-8-17/h3-5,7-8,11-13,15,19-22,25-26,34H,2,6,9-10,14,16H2,1H3,(H,38,39)(H2,31,32,33,35,40)/b12-11+/t19?,20-,21?,22+,25?,26?/m1/s1. The van der Waals surface area contributed by atoms with Crippen molar-refractivity contribution in [1.29, 1.82) is 0 Å². The molecule has 1 saturated carbocycles. The van der Waals surface area contributed by atoms with Crippen molar-refractivity contribution >= 4 is 41.2 Å². The van der Waals surface area contributed by atoms with Gasteiger partial charge in [0.25, 0.3) is 0 Å². The summed E-state index contributed by atoms with van der Waals surface area (Å²) in [5.41, 5.74) is 2.15. The molecule has 2 aliphatic carbocycles. The van der Waals surface area contributed by atoms with Crippen molar-refractivity contribution in [3.05, 3.63) is 59.9 Å². The summed E-state index contributed by atoms with van der Waals surface area (Å²) in [7, 11) is 0. The number of rotatable bonds is 8. The molecule has 3 heterocycles. The average Bonchev–Trinajstić information content (AvgIpc) is 3.70. The molecule has 1 aromatic carbocycles. The van der Waals surface area contributed by atoms with E-state index in [1.807, 2.05) is 54.3 Å². The highest BCUT2D eigenvalue weighted by Gasteiger charge is 2.56. The van der Waals surface area contributed by atoms with Crippen molar-refractivity contribution in [3.8, 4) is 0 Å². The molecule has 0 spiro atoms. The number of carboxylic acids is 1. The van der Waals surface area contributed by atoms with Crippen LogP contribution in [0.4, 0.5) is 22.1 Å². The largest absolute Gasteiger partial charge is 0.481 e. The summed E-state index contributed by atoms with van der Waals surface area (Å²) < 4.78 is 12.8. The van der Waals surface area contributed by atoms with Gasteiger partial charge in [-0.1, -0.05) is 42.5 Å². The van der Waals surface area contributed by atoms with E-state index in [9.17, 15) is 19.5 Å². The molecular weight excluding hydrogens is 540 g/mol. The van der Waals surface area contributed by atoms with Gasteiger partial charge in [0.2, 0.25) is 0 Å². The van der Waals surface area contributed by atoms with E-state index in [1.165, 1.54) is 6.33 Å². The molecule has 0 bridgehead atoms. The number of amides is 2. The summed E-state index contributed by atoms with van der Waals surface area (Å²) in [4.78, 5) is 48.6. The number of hydrogen-bond donors (Lipinski definition) is 4. The Morgan fingerprint density at radius 1 is 1.17 bits per heavy atom. The Hall–Kier alpha value is -4.29. The number of anilines is 3. The quantitative estimate of drug-likeness (QED) is 0.369. The van der Waals surface area contributed by atoms with E-state index in [2.05, 4.69) is 25.9 Å². The number of Topliss-reactive ketones (excluding diaryl/α,β-unsaturated/α-hetero) is 1. The second kappa shape index (κ2) is 11.9. The van der Waals surface area contributed by atoms with Gasteiger partial charge in [0, 0.05) is 6.54 Å². The number of urea groups is 1. The zero-order chi connectivity index (χ0) is 29.2. The Morgan fingerprint density at radius 3 is 2.76 bits per heavy atom. The monoisotopic (exact) mass is 574 g/mol. The van der Waals surface area contributed by atoms with Gasteiger partial charge in [0.15, 0.2) is 23.7 Å². The highest BCUT2D eigenvalue weighted by atomic mass is 16.7. The fourth-order valence-corrected chi connectivity index (χ4v) is 6.30. The molecule has 2 aromatic rings. The number of carbonyl (C=O) groups is 3. The van der Waals surface area contributed by atoms with Gasteiger partial charge in [-0.25, -0.2) is 14.8 Å². The Morgan fingerprint density at radius 2 is 1.98 bits per heavy atom. The van der Waals surface area contributed by atoms with E-state index >= 15 is 0 Å². The van der Waals surface area contributed by atoms with Crippen LogP contribution in [0.15, 0.2) is 54.4 Å². The number of aliphatic carboxylic acids is 1. The SMILES string of the molecule is CCNC(=O)Nc1ncnc2c1NCN2C1C[C@H](C(=O)C2=CC(C(=O)O)CCC2)C2O[C@H](/C=C/c3ccccc3)OC21. The molecule has 12 nitrogen and oxygen atoms in total. The van der Waals surface area contributed by atoms with Crippen LogP contribution in [0.2, 0.25) is 0 Å². The Bertz CT molecular complexity index is 1410. The Kier molecular flexibility index (Phi) is 7.90. The van der Waals surface area contributed by atoms with E-state index in [4.69, 9.17) is 9.47 Å². The van der Waals surface area contributed by atoms with Gasteiger partial charge in [-0.2, -0.15) is 0 Å². The van der Waals surface area contributed by atoms with Crippen molar-refractivity contribution in [2.75, 3.05) is 28.7 Å². The van der Waals surface area contributed by atoms with E-state index in [-0.39, 0.29) is 17.9 Å². The van der Waals surface area contributed by atoms with Gasteiger partial charge in [-0.15, -0.1) is 0 Å². The van der Waals surface area contributed by atoms with Crippen LogP contribution in [0.25, 0.3) is 6.08 Å². The molecule has 12 heteroatoms. The lowest BCUT2D eigenvalue weighted by Gasteiger charge is -2.28. The van der Waals surface area contributed by atoms with Crippen LogP contribution in [-0.2, 0) is 19.1 Å². The second-order valence-electron chi connectivity index (χ2n) is 10.9. The number of fused-ring (bicyclic) bond motifs is 2. The average molecular weight is 575 g/mol. The maximum Gasteiger partial charge on any atom is 0.320 e. The van der Waals surface area contributed by atoms with Gasteiger partial charge < -0.3 is 30.1 Å². The van der Waals surface area contributed by atoms with Crippen molar-refractivity contribution in [2.24, 2.45) is 11.8 Å². The predicted molar refractivity (Wildman–Crippen MR) is 155 cm³/mol. The predicted octanol–water partition coefficient (Wildman–Crippen LogP) is 3.40. The lowest BCUT2D eigenvalue weighted by Crippen LogP contribution is -2.43. The van der Waals surface area contributed by atoms with Crippen LogP contribution in [0, 0.1) is 11.8 Å². The van der Waals surface area contributed by atoms with E-state index in [0.717, 1.165) is 5.56 Å². The number of carbonyl (C=O) groups excluding carboxylic acids is 2. The maximum absolute atomic E-state index is 13.9. The van der Waals surface area contributed by atoms with Gasteiger partial charge >= 0.3 is 12.0 Å². The molecule has 1 aromatic heterocycles. The summed E-state index contributed by atoms with van der Waals surface area (Å²) in [6, 6.07) is 9.18. The molecule has 0 radical (unpaired) electrons. The molecule has 2 amide bonds. The minimum absolute atomic E-state index is 0.0802. The zero-order valence-electron chi connectivity index (χ0n) is 23.2. The first-order chi connectivity index (χ1) is 20.4. The smallest absolute Gasteiger partial charge is 0.320 e. The molecule has 4 unspecified atom stereocenters. The fraction of sp³-hybridized carbons (Fsp3) is 0.433. The van der Waals surface area contributed by atoms with E-state index < -0.39 is 36.3 Å². The number of nitrogens with zero attached hydrogens (tertiary/aromatic N) is 3. The minimum Gasteiger partial charge on any atom is -0.481 e. The lowest BCUT2D eigenvalue weighted by atomic mass is 9.84. The molecule has 220 valence electrons. The first kappa shape index (κ1) is 27.9. The zero-order valence-corrected chi connectivity index (χ0v) is 23.2. The van der Waals surface area contributed by atoms with Gasteiger partial charge in [-0.05, 0) is 49.8 Å². The Labute approximate surface area is 243 Å². The van der Waals surface area contributed by atoms with Crippen molar-refractivity contribution in [1.82, 2.24) is 15.3 Å². The third-order valence-corrected chi connectivity index (χ3v) is 8.25. The lowest BCUT2D eigenvalue weighted by molar-refractivity contribution is -0.140. The van der Waals surface area contributed by atoms with Crippen molar-refractivity contribution in [3.63, 3.8) is 0 Å². The third-order valence-electron chi connectivity index (χ3n) is 8.25. The second-order valence-corrected chi connectivity index (χ2v) is 10.9. The summed E-state index contributed by atoms with van der Waals surface area (Å²) >= 11 is 0. The number of benzene rings is 1. The van der Waals surface area contributed by atoms with Crippen LogP contribution in [0.1, 0.15) is 38.2 Å². The number of ether oxygens (including phenoxy) is 2. The van der Waals surface area contributed by atoms with Crippen LogP contribution >= 0.6 is 0 Å². The number of aromatic nitrogens is 2. The Balaban J connectivity index is 1.28. The van der Waals surface area contributed by atoms with Crippen LogP contribution in [0.3, 0.4) is 0 Å². The first-order valence-corrected chi connectivity index (χ1v) is 14.3. The van der Waals surface area contributed by atoms with Crippen LogP contribution in [0.5, 0.6) is 0 Å². The van der Waals surface area contributed by atoms with Gasteiger partial charge in [0.1, 0.15) is 18.1 Å². The topological polar surface area (TPSA) is 155 Å². The number of ketones is 1. The normalized spacial score (nSPS) is 28.1. The number of allylic oxidation sites excluding steroid dienone is 1. The summed E-state index contributed by atoms with van der Waals surface area (Å²) in [5.74, 6) is -1.20. The van der Waals surface area contributed by atoms with Crippen molar-refractivity contribution in [2.45, 2.75) is 57.1 Å². The number of hydrogen-bond acceptors (Lipinski definition) is 9.